The van der Waals surface area contributed by atoms with Crippen molar-refractivity contribution in [2.45, 2.75) is 24.9 Å². The van der Waals surface area contributed by atoms with Gasteiger partial charge < -0.3 is 16.2 Å². The highest BCUT2D eigenvalue weighted by Gasteiger charge is 2.46. The van der Waals surface area contributed by atoms with Gasteiger partial charge in [0, 0.05) is 22.6 Å². The molecule has 1 spiro atoms. The van der Waals surface area contributed by atoms with E-state index < -0.39 is 11.5 Å². The summed E-state index contributed by atoms with van der Waals surface area (Å²) in [5.74, 6) is -0.646. The third-order valence-corrected chi connectivity index (χ3v) is 5.50. The van der Waals surface area contributed by atoms with E-state index in [1.807, 2.05) is 12.1 Å². The normalized spacial score (nSPS) is 21.7. The molecule has 1 atom stereocenters. The van der Waals surface area contributed by atoms with Crippen molar-refractivity contribution in [3.05, 3.63) is 46.3 Å². The average Bonchev–Trinajstić information content (AvgIpc) is 3.11. The summed E-state index contributed by atoms with van der Waals surface area (Å²) in [7, 11) is 0. The average molecular weight is 327 g/mol. The van der Waals surface area contributed by atoms with Crippen LogP contribution in [0.1, 0.15) is 40.7 Å². The van der Waals surface area contributed by atoms with Crippen LogP contribution in [-0.4, -0.2) is 18.5 Å². The summed E-state index contributed by atoms with van der Waals surface area (Å²) >= 11 is 1.71. The summed E-state index contributed by atoms with van der Waals surface area (Å²) in [5, 5.41) is 2.10. The molecule has 6 heteroatoms. The number of benzene rings is 1. The molecule has 0 saturated carbocycles. The number of hydrogen-bond acceptors (Lipinski definition) is 3. The predicted molar refractivity (Wildman–Crippen MR) is 90.5 cm³/mol. The fraction of sp³-hybridized carbons (Fsp3) is 0.294. The van der Waals surface area contributed by atoms with E-state index in [2.05, 4.69) is 16.4 Å². The van der Waals surface area contributed by atoms with Crippen molar-refractivity contribution < 1.29 is 9.53 Å². The molecule has 1 fully saturated rings. The highest BCUT2D eigenvalue weighted by Crippen LogP contribution is 2.55. The third-order valence-electron chi connectivity index (χ3n) is 4.55. The molecular formula is C17H17N3O2S. The maximum atomic E-state index is 12.2. The van der Waals surface area contributed by atoms with E-state index in [0.717, 1.165) is 37.0 Å². The molecule has 1 saturated heterocycles. The molecule has 1 aliphatic heterocycles. The molecule has 2 heterocycles. The van der Waals surface area contributed by atoms with Gasteiger partial charge in [-0.15, -0.1) is 11.3 Å². The number of carbonyl (C=O) groups is 1. The van der Waals surface area contributed by atoms with Crippen molar-refractivity contribution in [2.75, 3.05) is 6.61 Å². The number of amides is 1. The van der Waals surface area contributed by atoms with Crippen molar-refractivity contribution >= 4 is 23.2 Å². The molecule has 5 nitrogen and oxygen atoms in total. The van der Waals surface area contributed by atoms with Crippen molar-refractivity contribution in [1.82, 2.24) is 0 Å². The summed E-state index contributed by atoms with van der Waals surface area (Å²) in [6.07, 6.45) is 3.12. The first-order chi connectivity index (χ1) is 11.1. The van der Waals surface area contributed by atoms with Crippen LogP contribution >= 0.6 is 11.3 Å². The number of nitrogens with two attached hydrogens (primary N) is 2. The lowest BCUT2D eigenvalue weighted by Crippen LogP contribution is -2.32. The van der Waals surface area contributed by atoms with Crippen molar-refractivity contribution in [3.63, 3.8) is 0 Å². The minimum absolute atomic E-state index is 0.224. The first kappa shape index (κ1) is 14.4. The van der Waals surface area contributed by atoms with Crippen LogP contribution in [0.25, 0.3) is 10.4 Å². The second kappa shape index (κ2) is 5.18. The van der Waals surface area contributed by atoms with E-state index in [4.69, 9.17) is 16.2 Å². The summed E-state index contributed by atoms with van der Waals surface area (Å²) < 4.78 is 6.26. The number of nitrogens with zero attached hydrogens (tertiary/aromatic N) is 1. The van der Waals surface area contributed by atoms with Gasteiger partial charge in [0.1, 0.15) is 5.60 Å². The van der Waals surface area contributed by atoms with Gasteiger partial charge in [0.05, 0.1) is 0 Å². The smallest absolute Gasteiger partial charge is 0.280 e. The standard InChI is InChI=1S/C17H17N3O2S/c18-16(19)20-15(21)10-3-4-11-13(9-10)17(6-1-2-7-22-17)12-5-8-23-14(11)12/h3-5,8-9H,1-2,6-7H2,(H4,18,19,20,21). The number of rotatable bonds is 1. The molecule has 118 valence electrons. The molecule has 1 unspecified atom stereocenters. The predicted octanol–water partition coefficient (Wildman–Crippen LogP) is 2.59. The van der Waals surface area contributed by atoms with Crippen LogP contribution in [0.2, 0.25) is 0 Å². The van der Waals surface area contributed by atoms with E-state index >= 15 is 0 Å². The quantitative estimate of drug-likeness (QED) is 0.622. The Morgan fingerprint density at radius 2 is 2.09 bits per heavy atom. The van der Waals surface area contributed by atoms with E-state index in [1.165, 1.54) is 10.4 Å². The Kier molecular flexibility index (Phi) is 3.25. The molecule has 0 radical (unpaired) electrons. The number of thiophene rings is 1. The zero-order chi connectivity index (χ0) is 16.0. The van der Waals surface area contributed by atoms with Crippen LogP contribution in [0, 0.1) is 0 Å². The molecule has 2 aromatic rings. The minimum atomic E-state index is -0.422. The molecule has 2 aliphatic rings. The Bertz CT molecular complexity index is 815. The van der Waals surface area contributed by atoms with Crippen LogP contribution in [-0.2, 0) is 10.3 Å². The van der Waals surface area contributed by atoms with Crippen LogP contribution in [0.15, 0.2) is 34.6 Å². The van der Waals surface area contributed by atoms with Crippen molar-refractivity contribution in [1.29, 1.82) is 0 Å². The van der Waals surface area contributed by atoms with Gasteiger partial charge in [-0.05, 0) is 54.0 Å². The van der Waals surface area contributed by atoms with E-state index in [1.54, 1.807) is 17.4 Å². The van der Waals surface area contributed by atoms with Gasteiger partial charge in [0.2, 0.25) is 0 Å². The van der Waals surface area contributed by atoms with E-state index in [9.17, 15) is 4.79 Å². The number of aliphatic imine (C=N–C) groups is 1. The molecule has 1 amide bonds. The maximum absolute atomic E-state index is 12.2. The summed E-state index contributed by atoms with van der Waals surface area (Å²) in [4.78, 5) is 17.0. The number of ether oxygens (including phenoxy) is 1. The number of guanidine groups is 1. The SMILES string of the molecule is NC(N)=NC(=O)c1ccc2c(c1)C1(CCCCO1)c1ccsc1-2. The fourth-order valence-corrected chi connectivity index (χ4v) is 4.60. The Balaban J connectivity index is 1.87. The second-order valence-corrected chi connectivity index (χ2v) is 6.81. The molecule has 1 aliphatic carbocycles. The Morgan fingerprint density at radius 1 is 1.22 bits per heavy atom. The topological polar surface area (TPSA) is 90.7 Å². The van der Waals surface area contributed by atoms with Gasteiger partial charge in [-0.3, -0.25) is 4.79 Å². The molecule has 23 heavy (non-hydrogen) atoms. The van der Waals surface area contributed by atoms with Gasteiger partial charge in [-0.25, -0.2) is 0 Å². The highest BCUT2D eigenvalue weighted by molar-refractivity contribution is 7.13. The molecule has 1 aromatic carbocycles. The van der Waals surface area contributed by atoms with Gasteiger partial charge in [0.25, 0.3) is 5.91 Å². The lowest BCUT2D eigenvalue weighted by atomic mass is 9.84. The highest BCUT2D eigenvalue weighted by atomic mass is 32.1. The number of fused-ring (bicyclic) bond motifs is 5. The Hall–Kier alpha value is -2.18. The fourth-order valence-electron chi connectivity index (χ4n) is 3.59. The van der Waals surface area contributed by atoms with Crippen LogP contribution < -0.4 is 11.5 Å². The van der Waals surface area contributed by atoms with Gasteiger partial charge in [-0.2, -0.15) is 4.99 Å². The zero-order valence-electron chi connectivity index (χ0n) is 12.5. The first-order valence-electron chi connectivity index (χ1n) is 7.62. The number of hydrogen-bond donors (Lipinski definition) is 2. The van der Waals surface area contributed by atoms with Crippen LogP contribution in [0.5, 0.6) is 0 Å². The largest absolute Gasteiger partial charge is 0.370 e. The zero-order valence-corrected chi connectivity index (χ0v) is 13.4. The summed E-state index contributed by atoms with van der Waals surface area (Å²) in [6.45, 7) is 0.737. The second-order valence-electron chi connectivity index (χ2n) is 5.90. The maximum Gasteiger partial charge on any atom is 0.280 e. The minimum Gasteiger partial charge on any atom is -0.370 e. The number of carbonyl (C=O) groups excluding carboxylic acids is 1. The molecule has 4 rings (SSSR count). The van der Waals surface area contributed by atoms with Gasteiger partial charge >= 0.3 is 0 Å². The lowest BCUT2D eigenvalue weighted by molar-refractivity contribution is -0.0500. The molecule has 0 bridgehead atoms. The summed E-state index contributed by atoms with van der Waals surface area (Å²) in [6, 6.07) is 7.79. The van der Waals surface area contributed by atoms with Crippen molar-refractivity contribution in [2.24, 2.45) is 16.5 Å². The lowest BCUT2D eigenvalue weighted by Gasteiger charge is -2.35. The molecule has 1 aromatic heterocycles. The van der Waals surface area contributed by atoms with Gasteiger partial charge in [-0.1, -0.05) is 6.07 Å². The van der Waals surface area contributed by atoms with Gasteiger partial charge in [0.15, 0.2) is 5.96 Å². The Labute approximate surface area is 138 Å². The summed E-state index contributed by atoms with van der Waals surface area (Å²) in [5.41, 5.74) is 14.1. The first-order valence-corrected chi connectivity index (χ1v) is 8.50. The van der Waals surface area contributed by atoms with E-state index in [-0.39, 0.29) is 5.96 Å². The molecular weight excluding hydrogens is 310 g/mol. The Morgan fingerprint density at radius 3 is 2.83 bits per heavy atom. The van der Waals surface area contributed by atoms with Crippen molar-refractivity contribution in [3.8, 4) is 10.4 Å². The van der Waals surface area contributed by atoms with Crippen LogP contribution in [0.4, 0.5) is 0 Å². The third kappa shape index (κ3) is 2.09. The van der Waals surface area contributed by atoms with Crippen LogP contribution in [0.3, 0.4) is 0 Å². The monoisotopic (exact) mass is 327 g/mol. The van der Waals surface area contributed by atoms with E-state index in [0.29, 0.717) is 5.56 Å². The molecule has 4 N–H and O–H groups in total.